The maximum atomic E-state index is 11.6. The van der Waals surface area contributed by atoms with Gasteiger partial charge in [-0.25, -0.2) is 0 Å². The van der Waals surface area contributed by atoms with E-state index in [0.717, 1.165) is 79.9 Å². The molecule has 0 saturated carbocycles. The molecule has 252 valence electrons. The third-order valence-electron chi connectivity index (χ3n) is 10.6. The Labute approximate surface area is 299 Å². The van der Waals surface area contributed by atoms with E-state index in [2.05, 4.69) is 104 Å². The van der Waals surface area contributed by atoms with Crippen molar-refractivity contribution < 1.29 is 22.9 Å². The largest absolute Gasteiger partial charge is 0.768 e. The SMILES string of the molecule is CN1/C(=C/C=C2\CCCC(/C=C/C3=[N+](C)c4ccc5cc(S(=O)[O-])ccc5c4C3(C)C)=C2Cl)C(C)(C)c2c1ccc1cc(SO[O-])ccc21. The van der Waals surface area contributed by atoms with Crippen LogP contribution < -0.4 is 10.2 Å². The van der Waals surface area contributed by atoms with Gasteiger partial charge in [-0.05, 0) is 125 Å². The van der Waals surface area contributed by atoms with E-state index < -0.39 is 11.1 Å². The van der Waals surface area contributed by atoms with Crippen molar-refractivity contribution in [3.05, 3.63) is 118 Å². The molecule has 9 heteroatoms. The highest BCUT2D eigenvalue weighted by Crippen LogP contribution is 2.51. The van der Waals surface area contributed by atoms with Gasteiger partial charge in [-0.3, -0.25) is 4.21 Å². The number of anilines is 1. The molecule has 49 heavy (non-hydrogen) atoms. The molecule has 0 aromatic heterocycles. The lowest BCUT2D eigenvalue weighted by molar-refractivity contribution is -0.630. The summed E-state index contributed by atoms with van der Waals surface area (Å²) in [5.74, 6) is 0. The van der Waals surface area contributed by atoms with Crippen molar-refractivity contribution >= 4 is 73.4 Å². The number of likely N-dealkylation sites (N-methyl/N-ethyl adjacent to an activating group) is 1. The molecule has 0 N–H and O–H groups in total. The Balaban J connectivity index is 1.20. The third kappa shape index (κ3) is 5.63. The highest BCUT2D eigenvalue weighted by atomic mass is 35.5. The molecule has 0 bridgehead atoms. The molecule has 1 aliphatic carbocycles. The maximum Gasteiger partial charge on any atom is 0.210 e. The van der Waals surface area contributed by atoms with Crippen LogP contribution in [0.15, 0.2) is 117 Å². The summed E-state index contributed by atoms with van der Waals surface area (Å²) in [6.45, 7) is 8.97. The maximum absolute atomic E-state index is 11.6. The van der Waals surface area contributed by atoms with Gasteiger partial charge in [0.15, 0.2) is 5.71 Å². The van der Waals surface area contributed by atoms with Crippen LogP contribution in [0.5, 0.6) is 0 Å². The van der Waals surface area contributed by atoms with Crippen molar-refractivity contribution in [3.63, 3.8) is 0 Å². The number of hydrogen-bond donors (Lipinski definition) is 0. The minimum Gasteiger partial charge on any atom is -0.768 e. The Hall–Kier alpha value is -3.50. The fraction of sp³-hybridized carbons (Fsp3) is 0.275. The van der Waals surface area contributed by atoms with Gasteiger partial charge in [0.25, 0.3) is 0 Å². The second-order valence-electron chi connectivity index (χ2n) is 14.1. The van der Waals surface area contributed by atoms with Crippen LogP contribution in [0.4, 0.5) is 11.4 Å². The second kappa shape index (κ2) is 12.7. The Morgan fingerprint density at radius 3 is 2.39 bits per heavy atom. The van der Waals surface area contributed by atoms with Crippen LogP contribution >= 0.6 is 23.6 Å². The highest BCUT2D eigenvalue weighted by Gasteiger charge is 2.44. The summed E-state index contributed by atoms with van der Waals surface area (Å²) in [5, 5.41) is 15.7. The van der Waals surface area contributed by atoms with E-state index in [4.69, 9.17) is 11.6 Å². The van der Waals surface area contributed by atoms with Crippen LogP contribution in [0.1, 0.15) is 58.1 Å². The molecule has 0 spiro atoms. The van der Waals surface area contributed by atoms with E-state index in [1.807, 2.05) is 24.3 Å². The first-order valence-electron chi connectivity index (χ1n) is 16.4. The van der Waals surface area contributed by atoms with Crippen LogP contribution in [0, 0.1) is 0 Å². The lowest BCUT2D eigenvalue weighted by Gasteiger charge is -2.25. The minimum absolute atomic E-state index is 0.250. The van der Waals surface area contributed by atoms with Crippen LogP contribution in [-0.2, 0) is 26.2 Å². The van der Waals surface area contributed by atoms with Crippen LogP contribution in [0.3, 0.4) is 0 Å². The molecule has 3 aliphatic rings. The van der Waals surface area contributed by atoms with Gasteiger partial charge in [-0.1, -0.05) is 55.8 Å². The number of fused-ring (bicyclic) bond motifs is 6. The summed E-state index contributed by atoms with van der Waals surface area (Å²) < 4.78 is 29.5. The van der Waals surface area contributed by atoms with Gasteiger partial charge in [-0.2, -0.15) is 4.58 Å². The van der Waals surface area contributed by atoms with Crippen molar-refractivity contribution in [1.82, 2.24) is 0 Å². The van der Waals surface area contributed by atoms with Crippen molar-refractivity contribution in [3.8, 4) is 0 Å². The average molecular weight is 710 g/mol. The van der Waals surface area contributed by atoms with Gasteiger partial charge in [0.1, 0.15) is 7.05 Å². The summed E-state index contributed by atoms with van der Waals surface area (Å²) in [7, 11) is 4.21. The van der Waals surface area contributed by atoms with Crippen molar-refractivity contribution in [2.75, 3.05) is 19.0 Å². The Morgan fingerprint density at radius 2 is 1.63 bits per heavy atom. The summed E-state index contributed by atoms with van der Waals surface area (Å²) in [4.78, 5) is 3.35. The first-order chi connectivity index (χ1) is 23.3. The molecular formula is C40H38ClN2O4S2-. The van der Waals surface area contributed by atoms with Gasteiger partial charge in [0.05, 0.1) is 5.41 Å². The summed E-state index contributed by atoms with van der Waals surface area (Å²) in [6, 6.07) is 19.7. The Morgan fingerprint density at radius 1 is 0.918 bits per heavy atom. The third-order valence-corrected chi connectivity index (χ3v) is 12.2. The van der Waals surface area contributed by atoms with Gasteiger partial charge in [0, 0.05) is 68.4 Å². The van der Waals surface area contributed by atoms with Crippen molar-refractivity contribution in [1.29, 1.82) is 0 Å². The van der Waals surface area contributed by atoms with Gasteiger partial charge < -0.3 is 19.0 Å². The molecule has 0 radical (unpaired) electrons. The van der Waals surface area contributed by atoms with Crippen molar-refractivity contribution in [2.45, 2.75) is 67.6 Å². The zero-order valence-corrected chi connectivity index (χ0v) is 30.8. The number of rotatable bonds is 6. The quantitative estimate of drug-likeness (QED) is 0.0654. The monoisotopic (exact) mass is 709 g/mol. The van der Waals surface area contributed by atoms with Gasteiger partial charge >= 0.3 is 0 Å². The molecular weight excluding hydrogens is 672 g/mol. The molecule has 2 heterocycles. The fourth-order valence-corrected chi connectivity index (χ4v) is 9.32. The topological polar surface area (TPSA) is 78.7 Å². The standard InChI is InChI=1S/C40H39ClN2O4S2/c1-39(2)34(42(5)32-18-10-26-22-28(48-47-44)14-16-30(26)36(32)39)20-12-24-8-7-9-25(38(24)41)13-21-35-40(3,4)37-31-17-15-29(49(45)46)23-27(31)11-19-33(37)43(35)6/h10-23H,7-9H2,1-6H3,(H-,44,45,46)/p-1. The highest BCUT2D eigenvalue weighted by molar-refractivity contribution is 7.94. The first kappa shape index (κ1) is 34.0. The lowest BCUT2D eigenvalue weighted by atomic mass is 9.78. The zero-order chi connectivity index (χ0) is 34.8. The summed E-state index contributed by atoms with van der Waals surface area (Å²) in [5.41, 5.74) is 8.82. The van der Waals surface area contributed by atoms with E-state index in [0.29, 0.717) is 4.90 Å². The fourth-order valence-electron chi connectivity index (χ4n) is 8.22. The second-order valence-corrected chi connectivity index (χ2v) is 16.2. The molecule has 1 atom stereocenters. The van der Waals surface area contributed by atoms with E-state index >= 15 is 0 Å². The van der Waals surface area contributed by atoms with E-state index in [1.165, 1.54) is 27.9 Å². The normalized spacial score (nSPS) is 20.8. The number of allylic oxidation sites excluding steroid dienone is 8. The molecule has 7 rings (SSSR count). The van der Waals surface area contributed by atoms with Crippen LogP contribution in [0.25, 0.3) is 21.5 Å². The predicted molar refractivity (Wildman–Crippen MR) is 199 cm³/mol. The van der Waals surface area contributed by atoms with E-state index in [-0.39, 0.29) is 10.8 Å². The molecule has 0 amide bonds. The van der Waals surface area contributed by atoms with Crippen LogP contribution in [0.2, 0.25) is 0 Å². The number of halogens is 1. The number of nitrogens with zero attached hydrogens (tertiary/aromatic N) is 2. The first-order valence-corrected chi connectivity index (χ1v) is 18.6. The minimum atomic E-state index is -2.27. The zero-order valence-electron chi connectivity index (χ0n) is 28.4. The number of benzene rings is 4. The average Bonchev–Trinajstić information content (AvgIpc) is 3.40. The van der Waals surface area contributed by atoms with Crippen LogP contribution in [-0.4, -0.2) is 33.1 Å². The Bertz CT molecular complexity index is 2250. The molecule has 2 aliphatic heterocycles. The van der Waals surface area contributed by atoms with E-state index in [9.17, 15) is 14.0 Å². The predicted octanol–water partition coefficient (Wildman–Crippen LogP) is 9.01. The van der Waals surface area contributed by atoms with Gasteiger partial charge in [0.2, 0.25) is 5.69 Å². The van der Waals surface area contributed by atoms with E-state index in [1.54, 1.807) is 12.1 Å². The van der Waals surface area contributed by atoms with Crippen molar-refractivity contribution in [2.24, 2.45) is 0 Å². The molecule has 6 nitrogen and oxygen atoms in total. The number of hydrogen-bond acceptors (Lipinski definition) is 6. The van der Waals surface area contributed by atoms with Gasteiger partial charge in [-0.15, -0.1) is 0 Å². The smallest absolute Gasteiger partial charge is 0.210 e. The molecule has 1 unspecified atom stereocenters. The molecule has 4 aromatic carbocycles. The molecule has 0 fully saturated rings. The Kier molecular flexibility index (Phi) is 8.79. The molecule has 0 saturated heterocycles. The lowest BCUT2D eigenvalue weighted by Crippen LogP contribution is -2.27. The summed E-state index contributed by atoms with van der Waals surface area (Å²) in [6.07, 6.45) is 11.6. The molecule has 4 aromatic rings. The summed E-state index contributed by atoms with van der Waals surface area (Å²) >= 11 is 5.72.